The Morgan fingerprint density at radius 2 is 2.08 bits per heavy atom. The monoisotopic (exact) mass is 167 g/mol. The molecular formula is C9H15N2O. The molecule has 1 unspecified atom stereocenters. The van der Waals surface area contributed by atoms with Gasteiger partial charge in [0.25, 0.3) is 0 Å². The molecule has 12 heavy (non-hydrogen) atoms. The quantitative estimate of drug-likeness (QED) is 0.599. The molecule has 0 bridgehead atoms. The van der Waals surface area contributed by atoms with Crippen LogP contribution >= 0.6 is 0 Å². The van der Waals surface area contributed by atoms with Crippen molar-refractivity contribution in [2.24, 2.45) is 5.92 Å². The number of nitrogens with one attached hydrogen (secondary N) is 1. The number of amides is 1. The number of piperazine rings is 1. The van der Waals surface area contributed by atoms with E-state index in [0.29, 0.717) is 5.92 Å². The summed E-state index contributed by atoms with van der Waals surface area (Å²) >= 11 is 0. The lowest BCUT2D eigenvalue weighted by molar-refractivity contribution is -0.125. The van der Waals surface area contributed by atoms with Crippen LogP contribution in [0.3, 0.4) is 0 Å². The molecule has 2 rings (SSSR count). The molecule has 1 radical (unpaired) electrons. The first kappa shape index (κ1) is 8.05. The molecule has 0 aromatic heterocycles. The molecule has 2 fully saturated rings. The van der Waals surface area contributed by atoms with Crippen LogP contribution in [0.15, 0.2) is 0 Å². The van der Waals surface area contributed by atoms with Crippen molar-refractivity contribution in [3.05, 3.63) is 0 Å². The van der Waals surface area contributed by atoms with Crippen molar-refractivity contribution in [3.8, 4) is 0 Å². The summed E-state index contributed by atoms with van der Waals surface area (Å²) in [4.78, 5) is 11.4. The van der Waals surface area contributed by atoms with Gasteiger partial charge in [0.2, 0.25) is 5.91 Å². The van der Waals surface area contributed by atoms with Crippen molar-refractivity contribution in [1.29, 1.82) is 0 Å². The normalized spacial score (nSPS) is 32.0. The van der Waals surface area contributed by atoms with Gasteiger partial charge in [0, 0.05) is 13.1 Å². The van der Waals surface area contributed by atoms with Gasteiger partial charge in [0.1, 0.15) is 6.04 Å². The molecule has 1 atom stereocenters. The van der Waals surface area contributed by atoms with Crippen LogP contribution in [-0.2, 0) is 4.79 Å². The van der Waals surface area contributed by atoms with Gasteiger partial charge >= 0.3 is 0 Å². The third-order valence-electron chi connectivity index (χ3n) is 2.85. The fraction of sp³-hybridized carbons (Fsp3) is 0.889. The minimum atomic E-state index is -0.0127. The highest BCUT2D eigenvalue weighted by Gasteiger charge is 2.32. The molecule has 3 heteroatoms. The lowest BCUT2D eigenvalue weighted by atomic mass is 9.96. The fourth-order valence-electron chi connectivity index (χ4n) is 2.21. The van der Waals surface area contributed by atoms with Gasteiger partial charge in [-0.05, 0) is 18.8 Å². The smallest absolute Gasteiger partial charge is 0.239 e. The predicted octanol–water partition coefficient (Wildman–Crippen LogP) is 0.279. The number of carbonyl (C=O) groups is 1. The van der Waals surface area contributed by atoms with Crippen molar-refractivity contribution in [3.63, 3.8) is 0 Å². The summed E-state index contributed by atoms with van der Waals surface area (Å²) in [5.41, 5.74) is 0. The zero-order valence-electron chi connectivity index (χ0n) is 7.25. The van der Waals surface area contributed by atoms with Gasteiger partial charge in [-0.1, -0.05) is 12.8 Å². The lowest BCUT2D eigenvalue weighted by Crippen LogP contribution is -2.52. The van der Waals surface area contributed by atoms with Crippen molar-refractivity contribution >= 4 is 5.91 Å². The average Bonchev–Trinajstić information content (AvgIpc) is 2.57. The van der Waals surface area contributed by atoms with Gasteiger partial charge in [-0.15, -0.1) is 0 Å². The zero-order valence-corrected chi connectivity index (χ0v) is 7.25. The fourth-order valence-corrected chi connectivity index (χ4v) is 2.21. The second-order valence-corrected chi connectivity index (χ2v) is 3.69. The van der Waals surface area contributed by atoms with E-state index in [-0.39, 0.29) is 11.9 Å². The van der Waals surface area contributed by atoms with E-state index in [2.05, 4.69) is 10.6 Å². The zero-order chi connectivity index (χ0) is 8.39. The Kier molecular flexibility index (Phi) is 2.30. The SMILES string of the molecule is O=C1NCC[N]C1C1CCCC1. The number of nitrogens with zero attached hydrogens (tertiary/aromatic N) is 1. The van der Waals surface area contributed by atoms with Crippen molar-refractivity contribution < 1.29 is 4.79 Å². The molecule has 0 aromatic rings. The maximum Gasteiger partial charge on any atom is 0.239 e. The Morgan fingerprint density at radius 3 is 2.75 bits per heavy atom. The van der Waals surface area contributed by atoms with Gasteiger partial charge < -0.3 is 5.32 Å². The molecular weight excluding hydrogens is 152 g/mol. The van der Waals surface area contributed by atoms with Gasteiger partial charge in [0.05, 0.1) is 0 Å². The van der Waals surface area contributed by atoms with Crippen LogP contribution in [0, 0.1) is 5.92 Å². The topological polar surface area (TPSA) is 43.2 Å². The first-order valence-corrected chi connectivity index (χ1v) is 4.82. The van der Waals surface area contributed by atoms with E-state index in [1.807, 2.05) is 0 Å². The Balaban J connectivity index is 1.95. The van der Waals surface area contributed by atoms with Crippen LogP contribution in [0.1, 0.15) is 25.7 Å². The Morgan fingerprint density at radius 1 is 1.33 bits per heavy atom. The van der Waals surface area contributed by atoms with E-state index in [4.69, 9.17) is 0 Å². The Bertz CT molecular complexity index is 175. The van der Waals surface area contributed by atoms with Gasteiger partial charge in [-0.2, -0.15) is 0 Å². The average molecular weight is 167 g/mol. The maximum absolute atomic E-state index is 11.4. The maximum atomic E-state index is 11.4. The molecule has 3 nitrogen and oxygen atoms in total. The molecule has 1 aliphatic carbocycles. The van der Waals surface area contributed by atoms with E-state index in [1.165, 1.54) is 25.7 Å². The molecule has 1 saturated carbocycles. The number of carbonyl (C=O) groups excluding carboxylic acids is 1. The van der Waals surface area contributed by atoms with E-state index in [9.17, 15) is 4.79 Å². The summed E-state index contributed by atoms with van der Waals surface area (Å²) in [7, 11) is 0. The molecule has 67 valence electrons. The van der Waals surface area contributed by atoms with Crippen molar-refractivity contribution in [2.75, 3.05) is 13.1 Å². The Hall–Kier alpha value is -0.570. The molecule has 1 heterocycles. The molecule has 2 aliphatic rings. The third kappa shape index (κ3) is 1.46. The van der Waals surface area contributed by atoms with Crippen LogP contribution in [0.5, 0.6) is 0 Å². The lowest BCUT2D eigenvalue weighted by Gasteiger charge is -2.26. The minimum Gasteiger partial charge on any atom is -0.353 e. The van der Waals surface area contributed by atoms with E-state index >= 15 is 0 Å². The molecule has 1 aliphatic heterocycles. The van der Waals surface area contributed by atoms with Crippen LogP contribution in [0.4, 0.5) is 0 Å². The highest BCUT2D eigenvalue weighted by Crippen LogP contribution is 2.28. The highest BCUT2D eigenvalue weighted by molar-refractivity contribution is 5.82. The van der Waals surface area contributed by atoms with Crippen LogP contribution in [-0.4, -0.2) is 25.0 Å². The first-order chi connectivity index (χ1) is 5.88. The summed E-state index contributed by atoms with van der Waals surface area (Å²) in [5, 5.41) is 7.26. The Labute approximate surface area is 72.9 Å². The van der Waals surface area contributed by atoms with E-state index in [0.717, 1.165) is 13.1 Å². The summed E-state index contributed by atoms with van der Waals surface area (Å²) in [6.07, 6.45) is 4.96. The number of hydrogen-bond donors (Lipinski definition) is 1. The van der Waals surface area contributed by atoms with Crippen LogP contribution in [0.25, 0.3) is 0 Å². The summed E-state index contributed by atoms with van der Waals surface area (Å²) in [5.74, 6) is 0.707. The van der Waals surface area contributed by atoms with E-state index < -0.39 is 0 Å². The van der Waals surface area contributed by atoms with Gasteiger partial charge in [-0.25, -0.2) is 5.32 Å². The van der Waals surface area contributed by atoms with Crippen LogP contribution < -0.4 is 10.6 Å². The second kappa shape index (κ2) is 3.44. The molecule has 1 N–H and O–H groups in total. The summed E-state index contributed by atoms with van der Waals surface area (Å²) in [6.45, 7) is 1.55. The molecule has 1 amide bonds. The second-order valence-electron chi connectivity index (χ2n) is 3.69. The largest absolute Gasteiger partial charge is 0.353 e. The van der Waals surface area contributed by atoms with E-state index in [1.54, 1.807) is 0 Å². The standard InChI is InChI=1S/C9H15N2O/c12-9-8(10-5-6-11-9)7-3-1-2-4-7/h7-8H,1-6H2,(H,11,12). The number of rotatable bonds is 1. The van der Waals surface area contributed by atoms with Crippen LogP contribution in [0.2, 0.25) is 0 Å². The number of hydrogen-bond acceptors (Lipinski definition) is 1. The molecule has 0 spiro atoms. The van der Waals surface area contributed by atoms with Gasteiger partial charge in [-0.3, -0.25) is 4.79 Å². The molecule has 0 aromatic carbocycles. The summed E-state index contributed by atoms with van der Waals surface area (Å²) < 4.78 is 0. The first-order valence-electron chi connectivity index (χ1n) is 4.82. The molecule has 1 saturated heterocycles. The predicted molar refractivity (Wildman–Crippen MR) is 45.8 cm³/mol. The van der Waals surface area contributed by atoms with Gasteiger partial charge in [0.15, 0.2) is 0 Å². The van der Waals surface area contributed by atoms with Crippen molar-refractivity contribution in [1.82, 2.24) is 10.6 Å². The minimum absolute atomic E-state index is 0.0127. The van der Waals surface area contributed by atoms with Crippen molar-refractivity contribution in [2.45, 2.75) is 31.7 Å². The highest BCUT2D eigenvalue weighted by atomic mass is 16.2. The third-order valence-corrected chi connectivity index (χ3v) is 2.85. The summed E-state index contributed by atoms with van der Waals surface area (Å²) in [6, 6.07) is -0.0127.